The minimum absolute atomic E-state index is 0.621. The molecule has 1 atom stereocenters. The Labute approximate surface area is 114 Å². The Morgan fingerprint density at radius 2 is 2.37 bits per heavy atom. The molecule has 6 heteroatoms. The number of likely N-dealkylation sites (tertiary alicyclic amines) is 1. The van der Waals surface area contributed by atoms with E-state index in [4.69, 9.17) is 10.6 Å². The number of ether oxygens (including phenoxy) is 1. The number of nitrogens with one attached hydrogen (secondary N) is 1. The van der Waals surface area contributed by atoms with E-state index in [9.17, 15) is 0 Å². The van der Waals surface area contributed by atoms with Crippen LogP contribution in [0.3, 0.4) is 0 Å². The molecule has 0 saturated carbocycles. The number of hydrogen-bond acceptors (Lipinski definition) is 6. The fourth-order valence-corrected chi connectivity index (χ4v) is 2.64. The van der Waals surface area contributed by atoms with Gasteiger partial charge in [-0.15, -0.1) is 0 Å². The van der Waals surface area contributed by atoms with Crippen molar-refractivity contribution >= 4 is 5.82 Å². The molecule has 0 radical (unpaired) electrons. The van der Waals surface area contributed by atoms with Crippen molar-refractivity contribution in [1.29, 1.82) is 0 Å². The highest BCUT2D eigenvalue weighted by Gasteiger charge is 2.20. The first kappa shape index (κ1) is 14.2. The van der Waals surface area contributed by atoms with Gasteiger partial charge in [0.2, 0.25) is 0 Å². The van der Waals surface area contributed by atoms with Gasteiger partial charge in [0.05, 0.1) is 13.2 Å². The summed E-state index contributed by atoms with van der Waals surface area (Å²) in [6, 6.07) is 1.84. The van der Waals surface area contributed by atoms with Gasteiger partial charge in [-0.1, -0.05) is 0 Å². The molecular weight excluding hydrogens is 242 g/mol. The molecule has 19 heavy (non-hydrogen) atoms. The second-order valence-electron chi connectivity index (χ2n) is 5.15. The molecule has 1 aromatic heterocycles. The Morgan fingerprint density at radius 1 is 1.53 bits per heavy atom. The molecule has 106 valence electrons. The first-order valence-electron chi connectivity index (χ1n) is 6.73. The lowest BCUT2D eigenvalue weighted by molar-refractivity contribution is 0.0861. The number of methoxy groups -OCH3 is 1. The number of nitrogen functional groups attached to an aromatic ring is 1. The van der Waals surface area contributed by atoms with E-state index in [0.717, 1.165) is 37.8 Å². The van der Waals surface area contributed by atoms with E-state index in [2.05, 4.69) is 20.3 Å². The first-order valence-corrected chi connectivity index (χ1v) is 6.73. The molecule has 1 aliphatic rings. The number of aryl methyl sites for hydroxylation is 1. The van der Waals surface area contributed by atoms with Crippen molar-refractivity contribution in [2.24, 2.45) is 11.8 Å². The summed E-state index contributed by atoms with van der Waals surface area (Å²) in [5, 5.41) is 0. The Bertz CT molecular complexity index is 410. The number of nitrogens with two attached hydrogens (primary N) is 1. The standard InChI is InChI=1S/C13H23N5O/c1-10-6-12(17-14)16-13(15-10)8-18-5-3-4-11(7-18)9-19-2/h6,11H,3-5,7-9,14H2,1-2H3,(H,15,16,17). The number of aromatic nitrogens is 2. The van der Waals surface area contributed by atoms with E-state index in [1.54, 1.807) is 7.11 Å². The largest absolute Gasteiger partial charge is 0.384 e. The van der Waals surface area contributed by atoms with Gasteiger partial charge in [-0.2, -0.15) is 0 Å². The van der Waals surface area contributed by atoms with Gasteiger partial charge < -0.3 is 10.2 Å². The molecule has 0 bridgehead atoms. The molecule has 0 spiro atoms. The van der Waals surface area contributed by atoms with E-state index in [-0.39, 0.29) is 0 Å². The maximum atomic E-state index is 5.41. The van der Waals surface area contributed by atoms with Crippen LogP contribution in [0.25, 0.3) is 0 Å². The SMILES string of the molecule is COCC1CCCN(Cc2nc(C)cc(NN)n2)C1. The minimum Gasteiger partial charge on any atom is -0.384 e. The van der Waals surface area contributed by atoms with Crippen LogP contribution in [0.1, 0.15) is 24.4 Å². The molecule has 2 rings (SSSR count). The zero-order valence-corrected chi connectivity index (χ0v) is 11.7. The van der Waals surface area contributed by atoms with Gasteiger partial charge in [0.25, 0.3) is 0 Å². The predicted octanol–water partition coefficient (Wildman–Crippen LogP) is 0.929. The maximum Gasteiger partial charge on any atom is 0.145 e. The van der Waals surface area contributed by atoms with Crippen LogP contribution in [0, 0.1) is 12.8 Å². The third-order valence-electron chi connectivity index (χ3n) is 3.42. The van der Waals surface area contributed by atoms with Crippen LogP contribution in [-0.4, -0.2) is 41.7 Å². The molecule has 0 amide bonds. The predicted molar refractivity (Wildman–Crippen MR) is 74.5 cm³/mol. The van der Waals surface area contributed by atoms with Gasteiger partial charge in [-0.05, 0) is 32.2 Å². The normalized spacial score (nSPS) is 20.5. The van der Waals surface area contributed by atoms with Gasteiger partial charge in [0, 0.05) is 25.4 Å². The highest BCUT2D eigenvalue weighted by molar-refractivity contribution is 5.33. The topological polar surface area (TPSA) is 76.3 Å². The number of anilines is 1. The first-order chi connectivity index (χ1) is 9.21. The molecule has 1 fully saturated rings. The molecule has 1 aromatic rings. The summed E-state index contributed by atoms with van der Waals surface area (Å²) >= 11 is 0. The smallest absolute Gasteiger partial charge is 0.145 e. The molecule has 1 saturated heterocycles. The molecule has 0 aliphatic carbocycles. The van der Waals surface area contributed by atoms with E-state index in [0.29, 0.717) is 11.7 Å². The monoisotopic (exact) mass is 265 g/mol. The summed E-state index contributed by atoms with van der Waals surface area (Å²) in [5.41, 5.74) is 3.52. The Balaban J connectivity index is 1.98. The minimum atomic E-state index is 0.621. The van der Waals surface area contributed by atoms with E-state index in [1.165, 1.54) is 12.8 Å². The Morgan fingerprint density at radius 3 is 3.11 bits per heavy atom. The second kappa shape index (κ2) is 6.79. The number of rotatable bonds is 5. The summed E-state index contributed by atoms with van der Waals surface area (Å²) in [4.78, 5) is 11.3. The van der Waals surface area contributed by atoms with Gasteiger partial charge in [-0.3, -0.25) is 4.90 Å². The van der Waals surface area contributed by atoms with Gasteiger partial charge >= 0.3 is 0 Å². The quantitative estimate of drug-likeness (QED) is 0.609. The molecule has 1 unspecified atom stereocenters. The molecule has 6 nitrogen and oxygen atoms in total. The van der Waals surface area contributed by atoms with Crippen molar-refractivity contribution in [2.45, 2.75) is 26.3 Å². The van der Waals surface area contributed by atoms with Crippen molar-refractivity contribution in [1.82, 2.24) is 14.9 Å². The van der Waals surface area contributed by atoms with Gasteiger partial charge in [0.1, 0.15) is 11.6 Å². The van der Waals surface area contributed by atoms with Crippen LogP contribution in [0.2, 0.25) is 0 Å². The van der Waals surface area contributed by atoms with Gasteiger partial charge in [0.15, 0.2) is 0 Å². The van der Waals surface area contributed by atoms with E-state index < -0.39 is 0 Å². The lowest BCUT2D eigenvalue weighted by Gasteiger charge is -2.31. The summed E-state index contributed by atoms with van der Waals surface area (Å²) < 4.78 is 5.25. The zero-order valence-electron chi connectivity index (χ0n) is 11.7. The van der Waals surface area contributed by atoms with Crippen LogP contribution < -0.4 is 11.3 Å². The molecule has 1 aliphatic heterocycles. The molecular formula is C13H23N5O. The van der Waals surface area contributed by atoms with Crippen molar-refractivity contribution < 1.29 is 4.74 Å². The summed E-state index contributed by atoms with van der Waals surface area (Å²) in [7, 11) is 1.77. The molecule has 0 aromatic carbocycles. The van der Waals surface area contributed by atoms with Crippen LogP contribution in [0.5, 0.6) is 0 Å². The fourth-order valence-electron chi connectivity index (χ4n) is 2.64. The van der Waals surface area contributed by atoms with E-state index in [1.807, 2.05) is 13.0 Å². The van der Waals surface area contributed by atoms with Crippen LogP contribution in [0.15, 0.2) is 6.07 Å². The van der Waals surface area contributed by atoms with Crippen LogP contribution >= 0.6 is 0 Å². The number of piperidine rings is 1. The lowest BCUT2D eigenvalue weighted by atomic mass is 9.99. The Hall–Kier alpha value is -1.24. The third kappa shape index (κ3) is 4.12. The highest BCUT2D eigenvalue weighted by atomic mass is 16.5. The number of hydrazine groups is 1. The average Bonchev–Trinajstić information content (AvgIpc) is 2.39. The average molecular weight is 265 g/mol. The van der Waals surface area contributed by atoms with Crippen LogP contribution in [-0.2, 0) is 11.3 Å². The van der Waals surface area contributed by atoms with Crippen molar-refractivity contribution in [3.63, 3.8) is 0 Å². The van der Waals surface area contributed by atoms with Gasteiger partial charge in [-0.25, -0.2) is 15.8 Å². The number of hydrogen-bond donors (Lipinski definition) is 2. The zero-order chi connectivity index (χ0) is 13.7. The third-order valence-corrected chi connectivity index (χ3v) is 3.42. The molecule has 2 heterocycles. The number of nitrogens with zero attached hydrogens (tertiary/aromatic N) is 3. The van der Waals surface area contributed by atoms with Crippen molar-refractivity contribution in [3.8, 4) is 0 Å². The summed E-state index contributed by atoms with van der Waals surface area (Å²) in [6.07, 6.45) is 2.45. The summed E-state index contributed by atoms with van der Waals surface area (Å²) in [5.74, 6) is 7.53. The fraction of sp³-hybridized carbons (Fsp3) is 0.692. The van der Waals surface area contributed by atoms with Crippen molar-refractivity contribution in [3.05, 3.63) is 17.6 Å². The Kier molecular flexibility index (Phi) is 5.07. The lowest BCUT2D eigenvalue weighted by Crippen LogP contribution is -2.37. The summed E-state index contributed by atoms with van der Waals surface area (Å²) in [6.45, 7) is 5.72. The van der Waals surface area contributed by atoms with Crippen LogP contribution in [0.4, 0.5) is 5.82 Å². The second-order valence-corrected chi connectivity index (χ2v) is 5.15. The van der Waals surface area contributed by atoms with E-state index >= 15 is 0 Å². The molecule has 3 N–H and O–H groups in total. The van der Waals surface area contributed by atoms with Crippen molar-refractivity contribution in [2.75, 3.05) is 32.2 Å². The maximum absolute atomic E-state index is 5.41. The highest BCUT2D eigenvalue weighted by Crippen LogP contribution is 2.18.